The van der Waals surface area contributed by atoms with Crippen molar-refractivity contribution in [1.29, 1.82) is 0 Å². The number of phenolic OH excluding ortho intramolecular Hbond substituents is 1. The molecule has 2 aromatic carbocycles. The van der Waals surface area contributed by atoms with Crippen LogP contribution >= 0.6 is 11.6 Å². The molecule has 5 rings (SSSR count). The fraction of sp³-hybridized carbons (Fsp3) is 0.367. The second kappa shape index (κ2) is 11.6. The minimum Gasteiger partial charge on any atom is -0.506 e. The fourth-order valence-corrected chi connectivity index (χ4v) is 5.80. The van der Waals surface area contributed by atoms with Crippen molar-refractivity contribution < 1.29 is 14.6 Å². The van der Waals surface area contributed by atoms with E-state index >= 15 is 0 Å². The molecule has 0 amide bonds. The van der Waals surface area contributed by atoms with E-state index in [-0.39, 0.29) is 35.5 Å². The molecule has 11 nitrogen and oxygen atoms in total. The van der Waals surface area contributed by atoms with Gasteiger partial charge in [-0.1, -0.05) is 30.3 Å². The third kappa shape index (κ3) is 6.17. The molecule has 0 saturated carbocycles. The number of piperidine rings is 1. The van der Waals surface area contributed by atoms with Crippen LogP contribution in [0.4, 0.5) is 17.6 Å². The highest BCUT2D eigenvalue weighted by Crippen LogP contribution is 2.42. The molecule has 220 valence electrons. The van der Waals surface area contributed by atoms with Gasteiger partial charge in [-0.05, 0) is 76.9 Å². The molecular weight excluding hydrogens is 556 g/mol. The zero-order chi connectivity index (χ0) is 30.1. The van der Waals surface area contributed by atoms with Crippen LogP contribution in [0.2, 0.25) is 5.02 Å². The Morgan fingerprint density at radius 1 is 0.976 bits per heavy atom. The molecule has 2 N–H and O–H groups in total. The standard InChI is InChI=1S/C30H35ClN8O3/c1-7-13-41-21-17-29(3,4)38(30(5,6)18-21)27-33-26(34-28(35-27)42-14-8-2)32-20-10-11-22-23(16-20)37-39(36-22)24-15-19(31)9-12-25(24)40/h7-12,15-16,21,40H,1-2,13-14,17-18H2,3-6H3,(H,32,33,34,35). The largest absolute Gasteiger partial charge is 0.506 e. The van der Waals surface area contributed by atoms with Crippen LogP contribution in [0.15, 0.2) is 61.7 Å². The summed E-state index contributed by atoms with van der Waals surface area (Å²) in [6, 6.07) is 10.4. The first kappa shape index (κ1) is 29.3. The maximum absolute atomic E-state index is 10.3. The number of fused-ring (bicyclic) bond motifs is 1. The van der Waals surface area contributed by atoms with Crippen LogP contribution in [0.5, 0.6) is 11.8 Å². The molecule has 2 aromatic heterocycles. The Labute approximate surface area is 249 Å². The average Bonchev–Trinajstić information content (AvgIpc) is 3.34. The first-order chi connectivity index (χ1) is 20.0. The van der Waals surface area contributed by atoms with Crippen LogP contribution in [0.25, 0.3) is 16.7 Å². The summed E-state index contributed by atoms with van der Waals surface area (Å²) in [7, 11) is 0. The number of hydrogen-bond acceptors (Lipinski definition) is 10. The van der Waals surface area contributed by atoms with Gasteiger partial charge in [0.2, 0.25) is 11.9 Å². The molecule has 1 fully saturated rings. The normalized spacial score (nSPS) is 16.4. The van der Waals surface area contributed by atoms with Crippen molar-refractivity contribution in [2.45, 2.75) is 57.7 Å². The monoisotopic (exact) mass is 590 g/mol. The molecule has 12 heteroatoms. The summed E-state index contributed by atoms with van der Waals surface area (Å²) in [6.45, 7) is 16.9. The summed E-state index contributed by atoms with van der Waals surface area (Å²) in [5, 5.41) is 23.0. The molecule has 0 aliphatic carbocycles. The van der Waals surface area contributed by atoms with E-state index < -0.39 is 0 Å². The van der Waals surface area contributed by atoms with Gasteiger partial charge in [-0.15, -0.1) is 21.6 Å². The zero-order valence-corrected chi connectivity index (χ0v) is 25.0. The highest BCUT2D eigenvalue weighted by atomic mass is 35.5. The Morgan fingerprint density at radius 3 is 2.40 bits per heavy atom. The number of anilines is 3. The average molecular weight is 591 g/mol. The summed E-state index contributed by atoms with van der Waals surface area (Å²) in [5.41, 5.74) is 1.64. The molecule has 0 atom stereocenters. The zero-order valence-electron chi connectivity index (χ0n) is 24.2. The van der Waals surface area contributed by atoms with Crippen molar-refractivity contribution in [2.75, 3.05) is 23.4 Å². The highest BCUT2D eigenvalue weighted by Gasteiger charge is 2.47. The lowest BCUT2D eigenvalue weighted by Gasteiger charge is -2.55. The highest BCUT2D eigenvalue weighted by molar-refractivity contribution is 6.30. The molecule has 0 unspecified atom stereocenters. The van der Waals surface area contributed by atoms with E-state index in [2.05, 4.69) is 66.3 Å². The lowest BCUT2D eigenvalue weighted by Crippen LogP contribution is -2.63. The number of phenols is 1. The van der Waals surface area contributed by atoms with Gasteiger partial charge in [0.15, 0.2) is 0 Å². The first-order valence-corrected chi connectivity index (χ1v) is 14.0. The molecule has 3 heterocycles. The van der Waals surface area contributed by atoms with Crippen LogP contribution in [0.1, 0.15) is 40.5 Å². The van der Waals surface area contributed by atoms with E-state index in [1.54, 1.807) is 24.3 Å². The van der Waals surface area contributed by atoms with Gasteiger partial charge in [-0.3, -0.25) is 0 Å². The maximum atomic E-state index is 10.3. The molecular formula is C30H35ClN8O3. The molecule has 1 saturated heterocycles. The second-order valence-corrected chi connectivity index (χ2v) is 11.8. The predicted octanol–water partition coefficient (Wildman–Crippen LogP) is 6.00. The SMILES string of the molecule is C=CCOc1nc(Nc2ccc3nn(-c4cc(Cl)ccc4O)nc3c2)nc(N2C(C)(C)CC(OCC=C)CC2(C)C)n1. The van der Waals surface area contributed by atoms with Gasteiger partial charge in [-0.2, -0.15) is 15.0 Å². The van der Waals surface area contributed by atoms with Crippen LogP contribution in [-0.2, 0) is 4.74 Å². The van der Waals surface area contributed by atoms with Crippen LogP contribution in [-0.4, -0.2) is 65.4 Å². The van der Waals surface area contributed by atoms with Gasteiger partial charge in [0.1, 0.15) is 29.1 Å². The number of hydrogen-bond donors (Lipinski definition) is 2. The Hall–Kier alpha value is -4.22. The van der Waals surface area contributed by atoms with Gasteiger partial charge in [-0.25, -0.2) is 0 Å². The van der Waals surface area contributed by atoms with Gasteiger partial charge >= 0.3 is 6.01 Å². The van der Waals surface area contributed by atoms with Crippen molar-refractivity contribution >= 4 is 40.2 Å². The van der Waals surface area contributed by atoms with E-state index in [0.29, 0.717) is 45.9 Å². The van der Waals surface area contributed by atoms with Crippen molar-refractivity contribution in [1.82, 2.24) is 29.9 Å². The summed E-state index contributed by atoms with van der Waals surface area (Å²) in [4.78, 5) is 17.6. The number of rotatable bonds is 10. The van der Waals surface area contributed by atoms with Crippen molar-refractivity contribution in [3.05, 3.63) is 66.7 Å². The van der Waals surface area contributed by atoms with Gasteiger partial charge < -0.3 is 24.8 Å². The molecule has 0 bridgehead atoms. The lowest BCUT2D eigenvalue weighted by molar-refractivity contribution is 0.00613. The number of aromatic nitrogens is 6. The van der Waals surface area contributed by atoms with Crippen LogP contribution in [0, 0.1) is 0 Å². The number of aromatic hydroxyl groups is 1. The summed E-state index contributed by atoms with van der Waals surface area (Å²) in [6.07, 6.45) is 5.07. The Kier molecular flexibility index (Phi) is 8.07. The van der Waals surface area contributed by atoms with Crippen molar-refractivity contribution in [3.8, 4) is 17.4 Å². The predicted molar refractivity (Wildman–Crippen MR) is 164 cm³/mol. The summed E-state index contributed by atoms with van der Waals surface area (Å²) in [5.74, 6) is 0.826. The van der Waals surface area contributed by atoms with Crippen molar-refractivity contribution in [3.63, 3.8) is 0 Å². The minimum atomic E-state index is -0.328. The van der Waals surface area contributed by atoms with E-state index in [0.717, 1.165) is 12.8 Å². The summed E-state index contributed by atoms with van der Waals surface area (Å²) < 4.78 is 11.8. The third-order valence-electron chi connectivity index (χ3n) is 7.04. The van der Waals surface area contributed by atoms with E-state index in [9.17, 15) is 5.11 Å². The Morgan fingerprint density at radius 2 is 1.69 bits per heavy atom. The molecule has 0 radical (unpaired) electrons. The third-order valence-corrected chi connectivity index (χ3v) is 7.27. The van der Waals surface area contributed by atoms with E-state index in [4.69, 9.17) is 31.0 Å². The number of halogens is 1. The molecule has 42 heavy (non-hydrogen) atoms. The number of nitrogens with one attached hydrogen (secondary N) is 1. The first-order valence-electron chi connectivity index (χ1n) is 13.6. The summed E-state index contributed by atoms with van der Waals surface area (Å²) >= 11 is 6.12. The second-order valence-electron chi connectivity index (χ2n) is 11.4. The van der Waals surface area contributed by atoms with Crippen LogP contribution < -0.4 is 15.0 Å². The molecule has 0 spiro atoms. The van der Waals surface area contributed by atoms with E-state index in [1.807, 2.05) is 18.2 Å². The van der Waals surface area contributed by atoms with E-state index in [1.165, 1.54) is 10.9 Å². The van der Waals surface area contributed by atoms with Gasteiger partial charge in [0.25, 0.3) is 0 Å². The number of benzene rings is 2. The number of nitrogens with zero attached hydrogens (tertiary/aromatic N) is 7. The molecule has 1 aliphatic rings. The van der Waals surface area contributed by atoms with Gasteiger partial charge in [0.05, 0.1) is 12.7 Å². The smallest absolute Gasteiger partial charge is 0.323 e. The lowest BCUT2D eigenvalue weighted by atomic mass is 9.78. The Bertz CT molecular complexity index is 1600. The molecule has 4 aromatic rings. The minimum absolute atomic E-state index is 0.0185. The quantitative estimate of drug-likeness (QED) is 0.212. The van der Waals surface area contributed by atoms with Crippen LogP contribution in [0.3, 0.4) is 0 Å². The van der Waals surface area contributed by atoms with Gasteiger partial charge in [0, 0.05) is 21.8 Å². The Balaban J connectivity index is 1.48. The molecule has 1 aliphatic heterocycles. The van der Waals surface area contributed by atoms with Crippen molar-refractivity contribution in [2.24, 2.45) is 0 Å². The maximum Gasteiger partial charge on any atom is 0.323 e. The topological polar surface area (TPSA) is 123 Å². The fourth-order valence-electron chi connectivity index (χ4n) is 5.64. The number of ether oxygens (including phenoxy) is 2.